The second-order valence-corrected chi connectivity index (χ2v) is 16.1. The summed E-state index contributed by atoms with van der Waals surface area (Å²) < 4.78 is 1.31. The van der Waals surface area contributed by atoms with E-state index >= 15 is 0 Å². The van der Waals surface area contributed by atoms with Gasteiger partial charge in [0.15, 0.2) is 0 Å². The van der Waals surface area contributed by atoms with E-state index in [0.717, 1.165) is 0 Å². The van der Waals surface area contributed by atoms with Crippen molar-refractivity contribution >= 4 is 97.4 Å². The Morgan fingerprint density at radius 2 is 0.765 bits per heavy atom. The van der Waals surface area contributed by atoms with Crippen LogP contribution >= 0.6 is 22.7 Å². The van der Waals surface area contributed by atoms with Gasteiger partial charge in [-0.2, -0.15) is 0 Å². The van der Waals surface area contributed by atoms with Crippen LogP contribution in [0.2, 0.25) is 0 Å². The molecule has 2 heteroatoms. The molecule has 0 fully saturated rings. The fourth-order valence-electron chi connectivity index (χ4n) is 8.16. The highest BCUT2D eigenvalue weighted by atomic mass is 32.1. The second-order valence-electron chi connectivity index (χ2n) is 13.8. The minimum absolute atomic E-state index is 1.25. The van der Waals surface area contributed by atoms with Gasteiger partial charge in [0, 0.05) is 19.3 Å². The summed E-state index contributed by atoms with van der Waals surface area (Å²) in [6, 6.07) is 61.5. The van der Waals surface area contributed by atoms with E-state index in [1.165, 1.54) is 112 Å². The molecule has 0 N–H and O–H groups in total. The van der Waals surface area contributed by atoms with E-state index in [0.29, 0.717) is 0 Å². The maximum atomic E-state index is 2.36. The maximum Gasteiger partial charge on any atom is 0.0355 e. The molecule has 2 aromatic heterocycles. The lowest BCUT2D eigenvalue weighted by Crippen LogP contribution is -1.84. The quantitative estimate of drug-likeness (QED) is 0.163. The molecule has 0 aliphatic heterocycles. The molecule has 0 aliphatic rings. The molecular weight excluding hydrogens is 653 g/mol. The molecule has 11 aromatic rings. The zero-order valence-corrected chi connectivity index (χ0v) is 29.5. The van der Waals surface area contributed by atoms with Gasteiger partial charge >= 0.3 is 0 Å². The summed E-state index contributed by atoms with van der Waals surface area (Å²) >= 11 is 3.73. The van der Waals surface area contributed by atoms with E-state index in [-0.39, 0.29) is 0 Å². The van der Waals surface area contributed by atoms with Gasteiger partial charge in [0.2, 0.25) is 0 Å². The van der Waals surface area contributed by atoms with Crippen LogP contribution in [0.15, 0.2) is 164 Å². The zero-order chi connectivity index (χ0) is 33.6. The third kappa shape index (κ3) is 4.64. The lowest BCUT2D eigenvalue weighted by atomic mass is 9.94. The first-order chi connectivity index (χ1) is 25.1. The van der Waals surface area contributed by atoms with Crippen LogP contribution in [0, 0.1) is 6.92 Å². The summed E-state index contributed by atoms with van der Waals surface area (Å²) in [6.07, 6.45) is 0. The Balaban J connectivity index is 0.940. The van der Waals surface area contributed by atoms with Crippen molar-refractivity contribution in [3.05, 3.63) is 169 Å². The van der Waals surface area contributed by atoms with E-state index in [1.54, 1.807) is 0 Å². The first kappa shape index (κ1) is 29.0. The van der Waals surface area contributed by atoms with E-state index in [1.807, 2.05) is 22.7 Å². The fraction of sp³-hybridized carbons (Fsp3) is 0.0204. The Bertz CT molecular complexity index is 3210. The number of fused-ring (bicyclic) bond motifs is 11. The molecule has 51 heavy (non-hydrogen) atoms. The van der Waals surface area contributed by atoms with Crippen molar-refractivity contribution in [2.75, 3.05) is 0 Å². The van der Waals surface area contributed by atoms with Gasteiger partial charge in [-0.05, 0) is 148 Å². The van der Waals surface area contributed by atoms with Gasteiger partial charge < -0.3 is 0 Å². The summed E-state index contributed by atoms with van der Waals surface area (Å²) in [7, 11) is 0. The molecule has 238 valence electrons. The van der Waals surface area contributed by atoms with Gasteiger partial charge in [0.1, 0.15) is 0 Å². The summed E-state index contributed by atoms with van der Waals surface area (Å²) in [5.41, 5.74) is 5.06. The Morgan fingerprint density at radius 1 is 0.294 bits per heavy atom. The standard InChI is InChI=1S/C49H30S2/c1-29-6-22-47(50-29)36-12-16-41-34(26-36)11-21-45-40-15-8-31(24-33(40)9-20-46(41)45)32-14-23-48-38(25-32)28-49(51-48)37-13-17-42-35(27-37)10-19-43-39-5-3-2-4-30(39)7-18-44(42)43/h2-28H,1H3. The van der Waals surface area contributed by atoms with Crippen LogP contribution in [-0.4, -0.2) is 0 Å². The van der Waals surface area contributed by atoms with E-state index in [9.17, 15) is 0 Å². The number of rotatable bonds is 3. The molecule has 0 saturated heterocycles. The molecule has 0 aliphatic carbocycles. The number of hydrogen-bond acceptors (Lipinski definition) is 2. The lowest BCUT2D eigenvalue weighted by Gasteiger charge is -2.10. The normalized spacial score (nSPS) is 12.0. The smallest absolute Gasteiger partial charge is 0.0355 e. The number of hydrogen-bond donors (Lipinski definition) is 0. The lowest BCUT2D eigenvalue weighted by molar-refractivity contribution is 1.64. The summed E-state index contributed by atoms with van der Waals surface area (Å²) in [6.45, 7) is 2.17. The van der Waals surface area contributed by atoms with Crippen molar-refractivity contribution in [2.24, 2.45) is 0 Å². The van der Waals surface area contributed by atoms with Crippen LogP contribution in [0.5, 0.6) is 0 Å². The Hall–Kier alpha value is -5.80. The zero-order valence-electron chi connectivity index (χ0n) is 27.9. The Kier molecular flexibility index (Phi) is 6.31. The van der Waals surface area contributed by atoms with Crippen LogP contribution in [-0.2, 0) is 0 Å². The molecule has 0 nitrogen and oxygen atoms in total. The predicted octanol–water partition coefficient (Wildman–Crippen LogP) is 15.2. The third-order valence-electron chi connectivity index (χ3n) is 10.7. The van der Waals surface area contributed by atoms with E-state index in [2.05, 4.69) is 171 Å². The van der Waals surface area contributed by atoms with Gasteiger partial charge in [-0.3, -0.25) is 0 Å². The minimum atomic E-state index is 1.25. The molecule has 11 rings (SSSR count). The van der Waals surface area contributed by atoms with Gasteiger partial charge in [-0.15, -0.1) is 22.7 Å². The van der Waals surface area contributed by atoms with Crippen LogP contribution in [0.4, 0.5) is 0 Å². The molecular formula is C49H30S2. The Morgan fingerprint density at radius 3 is 1.37 bits per heavy atom. The highest BCUT2D eigenvalue weighted by Crippen LogP contribution is 2.40. The molecule has 2 heterocycles. The molecule has 9 aromatic carbocycles. The summed E-state index contributed by atoms with van der Waals surface area (Å²) in [5, 5.41) is 16.9. The molecule has 0 bridgehead atoms. The van der Waals surface area contributed by atoms with Gasteiger partial charge in [0.05, 0.1) is 0 Å². The highest BCUT2D eigenvalue weighted by Gasteiger charge is 2.12. The maximum absolute atomic E-state index is 2.36. The highest BCUT2D eigenvalue weighted by molar-refractivity contribution is 7.22. The largest absolute Gasteiger partial charge is 0.141 e. The molecule has 0 atom stereocenters. The number of aryl methyl sites for hydroxylation is 1. The SMILES string of the molecule is Cc1ccc(-c2ccc3c(ccc4c5ccc(-c6ccc7sc(-c8ccc9c(ccc%10c%11ccccc%11ccc9%10)c8)cc7c6)cc5ccc34)c2)s1. The van der Waals surface area contributed by atoms with E-state index < -0.39 is 0 Å². The van der Waals surface area contributed by atoms with Crippen molar-refractivity contribution in [1.82, 2.24) is 0 Å². The van der Waals surface area contributed by atoms with Crippen LogP contribution in [0.1, 0.15) is 4.88 Å². The first-order valence-corrected chi connectivity index (χ1v) is 19.1. The number of thiophene rings is 2. The minimum Gasteiger partial charge on any atom is -0.141 e. The summed E-state index contributed by atoms with van der Waals surface area (Å²) in [4.78, 5) is 3.98. The third-order valence-corrected chi connectivity index (χ3v) is 12.9. The molecule has 0 unspecified atom stereocenters. The second kappa shape index (κ2) is 11.1. The van der Waals surface area contributed by atoms with Gasteiger partial charge in [-0.1, -0.05) is 115 Å². The van der Waals surface area contributed by atoms with Crippen LogP contribution < -0.4 is 0 Å². The monoisotopic (exact) mass is 682 g/mol. The van der Waals surface area contributed by atoms with Crippen LogP contribution in [0.3, 0.4) is 0 Å². The van der Waals surface area contributed by atoms with Crippen molar-refractivity contribution in [3.63, 3.8) is 0 Å². The van der Waals surface area contributed by atoms with Crippen molar-refractivity contribution in [1.29, 1.82) is 0 Å². The Labute approximate surface area is 303 Å². The van der Waals surface area contributed by atoms with Gasteiger partial charge in [-0.25, -0.2) is 0 Å². The van der Waals surface area contributed by atoms with Crippen molar-refractivity contribution in [2.45, 2.75) is 6.92 Å². The molecule has 0 saturated carbocycles. The predicted molar refractivity (Wildman–Crippen MR) is 226 cm³/mol. The van der Waals surface area contributed by atoms with Crippen molar-refractivity contribution < 1.29 is 0 Å². The summed E-state index contributed by atoms with van der Waals surface area (Å²) in [5.74, 6) is 0. The molecule has 0 radical (unpaired) electrons. The topological polar surface area (TPSA) is 0 Å². The molecule has 0 spiro atoms. The van der Waals surface area contributed by atoms with Gasteiger partial charge in [0.25, 0.3) is 0 Å². The fourth-order valence-corrected chi connectivity index (χ4v) is 10.1. The number of benzene rings is 9. The van der Waals surface area contributed by atoms with E-state index in [4.69, 9.17) is 0 Å². The molecule has 0 amide bonds. The first-order valence-electron chi connectivity index (χ1n) is 17.5. The average molecular weight is 683 g/mol. The average Bonchev–Trinajstić information content (AvgIpc) is 3.82. The van der Waals surface area contributed by atoms with Crippen LogP contribution in [0.25, 0.3) is 107 Å². The van der Waals surface area contributed by atoms with Crippen molar-refractivity contribution in [3.8, 4) is 32.0 Å².